The summed E-state index contributed by atoms with van der Waals surface area (Å²) in [6.45, 7) is 26.6. The Morgan fingerprint density at radius 1 is 0.913 bits per heavy atom. The van der Waals surface area contributed by atoms with Crippen molar-refractivity contribution in [2.45, 2.75) is 82.6 Å². The van der Waals surface area contributed by atoms with Gasteiger partial charge in [0.2, 0.25) is 0 Å². The topological polar surface area (TPSA) is 0 Å². The first-order valence-corrected chi connectivity index (χ1v) is 18.8. The Morgan fingerprint density at radius 2 is 1.57 bits per heavy atom. The van der Waals surface area contributed by atoms with Crippen molar-refractivity contribution in [2.24, 2.45) is 40.4 Å². The number of allylic oxidation sites excluding steroid dienone is 6. The van der Waals surface area contributed by atoms with Gasteiger partial charge in [-0.05, 0) is 34.7 Å². The summed E-state index contributed by atoms with van der Waals surface area (Å²) < 4.78 is 1.51. The minimum absolute atomic E-state index is 0. The van der Waals surface area contributed by atoms with Gasteiger partial charge in [0, 0.05) is 5.41 Å². The largest absolute Gasteiger partial charge is 1.00 e. The van der Waals surface area contributed by atoms with Crippen LogP contribution in [0.2, 0.25) is 0 Å². The predicted octanol–water partition coefficient (Wildman–Crippen LogP) is 5.87. The number of rotatable bonds is 1. The molecule has 0 nitrogen and oxygen atoms in total. The van der Waals surface area contributed by atoms with Crippen LogP contribution >= 0.6 is 11.3 Å². The molecular formula is C42H52Cl2SZr-2. The number of halogens is 2. The molecule has 2 aromatic carbocycles. The van der Waals surface area contributed by atoms with Gasteiger partial charge in [0.1, 0.15) is 0 Å². The van der Waals surface area contributed by atoms with Crippen molar-refractivity contribution in [2.75, 3.05) is 0 Å². The second-order valence-electron chi connectivity index (χ2n) is 14.6. The van der Waals surface area contributed by atoms with Crippen molar-refractivity contribution < 1.29 is 49.0 Å². The molecule has 46 heavy (non-hydrogen) atoms. The van der Waals surface area contributed by atoms with E-state index in [9.17, 15) is 0 Å². The van der Waals surface area contributed by atoms with Crippen molar-refractivity contribution in [3.05, 3.63) is 111 Å². The summed E-state index contributed by atoms with van der Waals surface area (Å²) in [6.07, 6.45) is 6.12. The van der Waals surface area contributed by atoms with Crippen molar-refractivity contribution in [1.82, 2.24) is 0 Å². The van der Waals surface area contributed by atoms with Crippen LogP contribution in [0.15, 0.2) is 88.2 Å². The van der Waals surface area contributed by atoms with Gasteiger partial charge < -0.3 is 24.8 Å². The van der Waals surface area contributed by atoms with Crippen LogP contribution in [-0.2, 0) is 30.7 Å². The van der Waals surface area contributed by atoms with E-state index in [0.29, 0.717) is 29.6 Å². The Bertz CT molecular complexity index is 1620. The molecule has 1 fully saturated rings. The fourth-order valence-corrected chi connectivity index (χ4v) is 9.74. The smallest absolute Gasteiger partial charge is 0.0501 e. The van der Waals surface area contributed by atoms with E-state index in [4.69, 9.17) is 0 Å². The summed E-state index contributed by atoms with van der Waals surface area (Å²) in [6, 6.07) is 17.7. The van der Waals surface area contributed by atoms with E-state index in [1.165, 1.54) is 31.0 Å². The first-order valence-electron chi connectivity index (χ1n) is 16.6. The molecule has 4 heteroatoms. The molecule has 0 aliphatic heterocycles. The number of hydrogen-bond acceptors (Lipinski definition) is 1. The van der Waals surface area contributed by atoms with Crippen LogP contribution in [0, 0.1) is 53.3 Å². The van der Waals surface area contributed by atoms with Gasteiger partial charge in [-0.1, -0.05) is 137 Å². The molecule has 246 valence electrons. The Balaban J connectivity index is 0.000000283. The third kappa shape index (κ3) is 6.28. The molecule has 1 aromatic heterocycles. The van der Waals surface area contributed by atoms with Crippen LogP contribution in [0.3, 0.4) is 0 Å². The van der Waals surface area contributed by atoms with Gasteiger partial charge in [0.25, 0.3) is 0 Å². The summed E-state index contributed by atoms with van der Waals surface area (Å²) >= 11 is 3.30. The summed E-state index contributed by atoms with van der Waals surface area (Å²) in [5.41, 5.74) is 14.0. The average Bonchev–Trinajstić information content (AvgIpc) is 3.74. The summed E-state index contributed by atoms with van der Waals surface area (Å²) in [5, 5.41) is 4.30. The molecule has 0 bridgehead atoms. The number of thiophene rings is 1. The molecule has 7 atom stereocenters. The zero-order valence-corrected chi connectivity index (χ0v) is 34.5. The van der Waals surface area contributed by atoms with Crippen molar-refractivity contribution in [1.29, 1.82) is 0 Å². The van der Waals surface area contributed by atoms with Crippen molar-refractivity contribution >= 4 is 20.1 Å². The minimum atomic E-state index is 0. The normalized spacial score (nSPS) is 30.3. The minimum Gasteiger partial charge on any atom is -1.00 e. The number of hydrogen-bond donors (Lipinski definition) is 0. The van der Waals surface area contributed by atoms with E-state index in [2.05, 4.69) is 148 Å². The second kappa shape index (κ2) is 15.1. The molecule has 0 N–H and O–H groups in total. The van der Waals surface area contributed by atoms with Gasteiger partial charge >= 0.3 is 41.3 Å². The maximum atomic E-state index is 2.63. The van der Waals surface area contributed by atoms with Gasteiger partial charge in [0.05, 0.1) is 0 Å². The molecule has 4 aliphatic rings. The predicted molar refractivity (Wildman–Crippen MR) is 191 cm³/mol. The monoisotopic (exact) mass is 748 g/mol. The van der Waals surface area contributed by atoms with Crippen molar-refractivity contribution in [3.63, 3.8) is 0 Å². The maximum Gasteiger partial charge on any atom is -0.0501 e. The van der Waals surface area contributed by atoms with Crippen LogP contribution in [0.5, 0.6) is 0 Å². The molecule has 3 aromatic rings. The van der Waals surface area contributed by atoms with Gasteiger partial charge in [-0.25, -0.2) is 17.3 Å². The number of fused-ring (bicyclic) bond motifs is 6. The van der Waals surface area contributed by atoms with E-state index in [1.807, 2.05) is 0 Å². The third-order valence-electron chi connectivity index (χ3n) is 12.4. The fraction of sp³-hybridized carbons (Fsp3) is 0.452. The van der Waals surface area contributed by atoms with Crippen LogP contribution in [0.4, 0.5) is 0 Å². The Labute approximate surface area is 311 Å². The number of benzene rings is 1. The van der Waals surface area contributed by atoms with Gasteiger partial charge in [-0.2, -0.15) is 17.2 Å². The first kappa shape index (κ1) is 39.1. The van der Waals surface area contributed by atoms with E-state index in [1.54, 1.807) is 63.8 Å². The molecule has 7 rings (SSSR count). The van der Waals surface area contributed by atoms with Crippen LogP contribution in [-0.4, -0.2) is 3.21 Å². The van der Waals surface area contributed by atoms with Crippen LogP contribution in [0.1, 0.15) is 85.9 Å². The van der Waals surface area contributed by atoms with Crippen molar-refractivity contribution in [3.8, 4) is 11.1 Å². The standard InChI is InChI=1S/C29H37.C10H9S.C3H6.2ClH.Zr/c1-16-13-14-25-26-23-12-10-9-11-22(23)15-24(26)27-19(4)17(2)18(3)21(6)29(27,8)28(25,7)20(16)5;1-8-3-2-4-10(8)9-5-6-11-7-9;1-3-2;;;/h9-14,16-18,20-21H,15H2,1-8H3;2-7H,1H3;1-2H3;2*1H;/q2*-1;;;;+2/p-2. The molecular weight excluding hydrogens is 699 g/mol. The summed E-state index contributed by atoms with van der Waals surface area (Å²) in [4.78, 5) is 0. The molecule has 1 heterocycles. The van der Waals surface area contributed by atoms with E-state index < -0.39 is 0 Å². The third-order valence-corrected chi connectivity index (χ3v) is 13.1. The van der Waals surface area contributed by atoms with Crippen LogP contribution < -0.4 is 24.8 Å². The molecule has 1 saturated carbocycles. The molecule has 0 saturated heterocycles. The van der Waals surface area contributed by atoms with E-state index >= 15 is 0 Å². The Kier molecular flexibility index (Phi) is 12.8. The van der Waals surface area contributed by atoms with E-state index in [-0.39, 0.29) is 35.6 Å². The Hall–Kier alpha value is -1.31. The van der Waals surface area contributed by atoms with Gasteiger partial charge in [-0.3, -0.25) is 0 Å². The maximum absolute atomic E-state index is 2.63. The van der Waals surface area contributed by atoms with Gasteiger partial charge in [-0.15, -0.1) is 36.2 Å². The summed E-state index contributed by atoms with van der Waals surface area (Å²) in [7, 11) is 0. The van der Waals surface area contributed by atoms with Gasteiger partial charge in [0.15, 0.2) is 0 Å². The van der Waals surface area contributed by atoms with E-state index in [0.717, 1.165) is 6.42 Å². The first-order chi connectivity index (χ1) is 20.8. The second-order valence-corrected chi connectivity index (χ2v) is 17.9. The number of aryl methyl sites for hydroxylation is 1. The summed E-state index contributed by atoms with van der Waals surface area (Å²) in [5.74, 6) is 4.93. The quantitative estimate of drug-likeness (QED) is 0.273. The Morgan fingerprint density at radius 3 is 2.15 bits per heavy atom. The molecule has 0 amide bonds. The fourth-order valence-electron chi connectivity index (χ4n) is 9.09. The molecule has 7 unspecified atom stereocenters. The van der Waals surface area contributed by atoms with Crippen LogP contribution in [0.25, 0.3) is 16.7 Å². The average molecular weight is 751 g/mol. The molecule has 4 aliphatic carbocycles. The SMILES string of the molecule is C[C-]1C2=C3Cc4ccccc4C3=C3C=CC(C)C(C)C3(C)C2(C)C(C)C(C)C1C.C[C](C)=[Zr+2].Cc1ccc[c-]1-c1ccsc1.[Cl-].[Cl-]. The molecule has 0 radical (unpaired) electrons. The molecule has 0 spiro atoms. The zero-order valence-electron chi connectivity index (χ0n) is 29.7. The zero-order chi connectivity index (χ0) is 32.1.